The van der Waals surface area contributed by atoms with Gasteiger partial charge in [0.25, 0.3) is 0 Å². The first-order valence-corrected chi connectivity index (χ1v) is 12.1. The van der Waals surface area contributed by atoms with E-state index in [9.17, 15) is 0 Å². The predicted octanol–water partition coefficient (Wildman–Crippen LogP) is 8.47. The van der Waals surface area contributed by atoms with E-state index in [0.29, 0.717) is 5.92 Å². The number of fused-ring (bicyclic) bond motifs is 1. The number of aromatic nitrogens is 1. The normalized spacial score (nSPS) is 13.0. The molecule has 2 aromatic rings. The van der Waals surface area contributed by atoms with Crippen LogP contribution in [-0.4, -0.2) is 10.3 Å². The minimum Gasteiger partial charge on any atom is -0.362 e. The number of aryl methyl sites for hydroxylation is 1. The fraction of sp³-hybridized carbons (Fsp3) is 0.593. The molecule has 0 amide bonds. The number of nitrogens with zero attached hydrogens (tertiary/aromatic N) is 2. The molecule has 0 fully saturated rings. The van der Waals surface area contributed by atoms with Crippen molar-refractivity contribution in [1.82, 2.24) is 4.57 Å². The van der Waals surface area contributed by atoms with Crippen LogP contribution >= 0.6 is 0 Å². The van der Waals surface area contributed by atoms with E-state index in [1.54, 1.807) is 0 Å². The lowest BCUT2D eigenvalue weighted by atomic mass is 10.0. The van der Waals surface area contributed by atoms with Crippen LogP contribution in [0.5, 0.6) is 0 Å². The topological polar surface area (TPSA) is 26.5 Å². The maximum absolute atomic E-state index is 5.68. The van der Waals surface area contributed by atoms with Gasteiger partial charge in [-0.05, 0) is 31.9 Å². The summed E-state index contributed by atoms with van der Waals surface area (Å²) < 4.78 is 2.38. The van der Waals surface area contributed by atoms with Gasteiger partial charge < -0.3 is 9.40 Å². The molecule has 1 atom stereocenters. The second-order valence-corrected chi connectivity index (χ2v) is 8.65. The Morgan fingerprint density at radius 2 is 1.70 bits per heavy atom. The summed E-state index contributed by atoms with van der Waals surface area (Å²) in [4.78, 5) is 5.68. The zero-order valence-electron chi connectivity index (χ0n) is 19.8. The van der Waals surface area contributed by atoms with Gasteiger partial charge in [0.15, 0.2) is 0 Å². The monoisotopic (exact) mass is 410 g/mol. The first-order valence-electron chi connectivity index (χ1n) is 12.1. The highest BCUT2D eigenvalue weighted by molar-refractivity contribution is 6.09. The lowest BCUT2D eigenvalue weighted by Crippen LogP contribution is -2.03. The molecule has 1 aromatic carbocycles. The summed E-state index contributed by atoms with van der Waals surface area (Å²) in [7, 11) is 0. The van der Waals surface area contributed by atoms with E-state index in [0.717, 1.165) is 30.0 Å². The van der Waals surface area contributed by atoms with E-state index in [4.69, 9.17) is 4.84 Å². The van der Waals surface area contributed by atoms with Crippen LogP contribution in [0.3, 0.4) is 0 Å². The molecule has 3 heteroatoms. The van der Waals surface area contributed by atoms with Crippen LogP contribution in [0.25, 0.3) is 10.9 Å². The maximum Gasteiger partial charge on any atom is 0.130 e. The molecule has 166 valence electrons. The fourth-order valence-electron chi connectivity index (χ4n) is 3.91. The Labute approximate surface area is 184 Å². The van der Waals surface area contributed by atoms with Gasteiger partial charge in [0.2, 0.25) is 0 Å². The van der Waals surface area contributed by atoms with Crippen molar-refractivity contribution in [2.75, 3.05) is 0 Å². The molecular formula is C27H42N2O. The van der Waals surface area contributed by atoms with Crippen molar-refractivity contribution in [2.24, 2.45) is 11.1 Å². The quantitative estimate of drug-likeness (QED) is 0.125. The van der Waals surface area contributed by atoms with Crippen LogP contribution in [-0.2, 0) is 11.4 Å². The number of allylic oxidation sites excluding steroid dienone is 1. The largest absolute Gasteiger partial charge is 0.362 e. The summed E-state index contributed by atoms with van der Waals surface area (Å²) in [5, 5.41) is 5.65. The molecule has 0 N–H and O–H groups in total. The highest BCUT2D eigenvalue weighted by atomic mass is 16.6. The first kappa shape index (κ1) is 24.2. The average Bonchev–Trinajstić information content (AvgIpc) is 3.18. The van der Waals surface area contributed by atoms with E-state index in [-0.39, 0.29) is 0 Å². The zero-order valence-corrected chi connectivity index (χ0v) is 19.8. The van der Waals surface area contributed by atoms with Crippen molar-refractivity contribution in [1.29, 1.82) is 0 Å². The molecule has 0 radical (unpaired) electrons. The van der Waals surface area contributed by atoms with Crippen molar-refractivity contribution in [3.63, 3.8) is 0 Å². The molecule has 2 rings (SSSR count). The van der Waals surface area contributed by atoms with Crippen molar-refractivity contribution in [2.45, 2.75) is 98.4 Å². The van der Waals surface area contributed by atoms with E-state index < -0.39 is 0 Å². The van der Waals surface area contributed by atoms with E-state index >= 15 is 0 Å². The second kappa shape index (κ2) is 13.3. The third kappa shape index (κ3) is 7.34. The maximum atomic E-state index is 5.68. The second-order valence-electron chi connectivity index (χ2n) is 8.65. The Morgan fingerprint density at radius 3 is 2.43 bits per heavy atom. The number of oxime groups is 1. The number of unbranched alkanes of at least 4 members (excludes halogenated alkanes) is 7. The van der Waals surface area contributed by atoms with Gasteiger partial charge in [-0.2, -0.15) is 0 Å². The van der Waals surface area contributed by atoms with Crippen LogP contribution in [0, 0.1) is 5.92 Å². The summed E-state index contributed by atoms with van der Waals surface area (Å²) in [5.74, 6) is 1.09. The molecule has 0 spiro atoms. The van der Waals surface area contributed by atoms with Crippen LogP contribution in [0.2, 0.25) is 0 Å². The Balaban J connectivity index is 1.96. The van der Waals surface area contributed by atoms with Crippen molar-refractivity contribution >= 4 is 16.6 Å². The summed E-state index contributed by atoms with van der Waals surface area (Å²) in [6, 6.07) is 8.67. The zero-order chi connectivity index (χ0) is 21.8. The fourth-order valence-corrected chi connectivity index (χ4v) is 3.91. The number of benzene rings is 1. The Kier molecular flexibility index (Phi) is 10.8. The summed E-state index contributed by atoms with van der Waals surface area (Å²) >= 11 is 0. The Morgan fingerprint density at radius 1 is 1.00 bits per heavy atom. The van der Waals surface area contributed by atoms with E-state index in [1.165, 1.54) is 68.7 Å². The Bertz CT molecular complexity index is 802. The lowest BCUT2D eigenvalue weighted by Gasteiger charge is -2.12. The van der Waals surface area contributed by atoms with Gasteiger partial charge in [0, 0.05) is 35.1 Å². The van der Waals surface area contributed by atoms with Gasteiger partial charge in [-0.25, -0.2) is 0 Å². The predicted molar refractivity (Wildman–Crippen MR) is 131 cm³/mol. The van der Waals surface area contributed by atoms with Crippen LogP contribution in [0.15, 0.2) is 48.0 Å². The Hall–Kier alpha value is -2.03. The third-order valence-corrected chi connectivity index (χ3v) is 6.05. The number of rotatable bonds is 15. The van der Waals surface area contributed by atoms with Gasteiger partial charge in [-0.3, -0.25) is 0 Å². The van der Waals surface area contributed by atoms with Crippen molar-refractivity contribution in [3.8, 4) is 0 Å². The molecule has 30 heavy (non-hydrogen) atoms. The molecule has 0 unspecified atom stereocenters. The molecule has 0 aliphatic carbocycles. The van der Waals surface area contributed by atoms with Crippen LogP contribution in [0.1, 0.15) is 97.5 Å². The summed E-state index contributed by atoms with van der Waals surface area (Å²) in [6.07, 6.45) is 15.1. The van der Waals surface area contributed by atoms with E-state index in [1.807, 2.05) is 6.92 Å². The molecule has 0 bridgehead atoms. The molecular weight excluding hydrogens is 368 g/mol. The minimum atomic E-state index is 0.334. The van der Waals surface area contributed by atoms with Crippen LogP contribution < -0.4 is 0 Å². The molecule has 3 nitrogen and oxygen atoms in total. The number of hydrogen-bond donors (Lipinski definition) is 0. The van der Waals surface area contributed by atoms with Crippen molar-refractivity contribution < 1.29 is 4.84 Å². The van der Waals surface area contributed by atoms with E-state index in [2.05, 4.69) is 67.5 Å². The van der Waals surface area contributed by atoms with Crippen LogP contribution in [0.4, 0.5) is 0 Å². The van der Waals surface area contributed by atoms with Gasteiger partial charge in [-0.1, -0.05) is 96.0 Å². The van der Waals surface area contributed by atoms with Crippen molar-refractivity contribution in [3.05, 3.63) is 48.4 Å². The van der Waals surface area contributed by atoms with Gasteiger partial charge in [0.1, 0.15) is 5.76 Å². The smallest absolute Gasteiger partial charge is 0.130 e. The van der Waals surface area contributed by atoms with Gasteiger partial charge in [-0.15, -0.1) is 0 Å². The molecule has 0 aliphatic rings. The molecule has 1 aromatic heterocycles. The SMILES string of the molecule is C=C(O/N=C(\C)c1cccc2c1ccn2CCCCCCCCC)[C@@H](C)CCCC. The number of hydrogen-bond acceptors (Lipinski definition) is 2. The van der Waals surface area contributed by atoms with Gasteiger partial charge >= 0.3 is 0 Å². The molecule has 0 saturated heterocycles. The van der Waals surface area contributed by atoms with Gasteiger partial charge in [0.05, 0.1) is 5.71 Å². The third-order valence-electron chi connectivity index (χ3n) is 6.05. The first-order chi connectivity index (χ1) is 14.6. The molecule has 0 saturated carbocycles. The average molecular weight is 411 g/mol. The summed E-state index contributed by atoms with van der Waals surface area (Å²) in [5.41, 5.74) is 3.32. The standard InChI is InChI=1S/C27H42N2O/c1-6-8-10-11-12-13-14-20-29-21-19-26-25(17-15-18-27(26)29)23(4)28-30-24(5)22(3)16-9-7-2/h15,17-19,21-22H,5-14,16,20H2,1-4H3/b28-23+/t22-/m0/s1. The highest BCUT2D eigenvalue weighted by Gasteiger charge is 2.11. The molecule has 1 heterocycles. The highest BCUT2D eigenvalue weighted by Crippen LogP contribution is 2.23. The minimum absolute atomic E-state index is 0.334. The summed E-state index contributed by atoms with van der Waals surface area (Å²) in [6.45, 7) is 13.8. The molecule has 0 aliphatic heterocycles. The lowest BCUT2D eigenvalue weighted by molar-refractivity contribution is 0.190.